The maximum Gasteiger partial charge on any atom is 0.0184 e. The van der Waals surface area contributed by atoms with Crippen molar-refractivity contribution < 1.29 is 0 Å². The lowest BCUT2D eigenvalue weighted by Gasteiger charge is -2.03. The van der Waals surface area contributed by atoms with Crippen LogP contribution in [0, 0.1) is 0 Å². The van der Waals surface area contributed by atoms with Crippen molar-refractivity contribution in [3.63, 3.8) is 0 Å². The Morgan fingerprint density at radius 2 is 1.38 bits per heavy atom. The van der Waals surface area contributed by atoms with E-state index in [0.29, 0.717) is 0 Å². The van der Waals surface area contributed by atoms with E-state index in [1.165, 1.54) is 51.6 Å². The van der Waals surface area contributed by atoms with E-state index < -0.39 is 0 Å². The second-order valence-electron chi connectivity index (χ2n) is 5.54. The predicted octanol–water partition coefficient (Wildman–Crippen LogP) is 8.08. The number of fused-ring (bicyclic) bond motifs is 3. The molecule has 0 saturated heterocycles. The van der Waals surface area contributed by atoms with Gasteiger partial charge in [0.05, 0.1) is 0 Å². The maximum atomic E-state index is 3.65. The number of hydrogen-bond acceptors (Lipinski definition) is 0. The number of aryl methyl sites for hydroxylation is 1. The van der Waals surface area contributed by atoms with Crippen LogP contribution < -0.4 is 0 Å². The molecule has 2 aromatic carbocycles. The minimum Gasteiger partial charge on any atom is -0.109 e. The van der Waals surface area contributed by atoms with Gasteiger partial charge in [0.2, 0.25) is 0 Å². The Labute approximate surface area is 144 Å². The van der Waals surface area contributed by atoms with Gasteiger partial charge in [0.25, 0.3) is 0 Å². The Hall–Kier alpha value is -0.300. The van der Waals surface area contributed by atoms with Gasteiger partial charge in [-0.3, -0.25) is 0 Å². The van der Waals surface area contributed by atoms with Crippen LogP contribution in [0.2, 0.25) is 0 Å². The molecule has 0 atom stereocenters. The molecule has 0 aliphatic heterocycles. The third-order valence-corrected chi connectivity index (χ3v) is 7.68. The van der Waals surface area contributed by atoms with E-state index in [1.807, 2.05) is 0 Å². The smallest absolute Gasteiger partial charge is 0.0184 e. The lowest BCUT2D eigenvalue weighted by molar-refractivity contribution is 0.690. The first-order valence-electron chi connectivity index (χ1n) is 7.57. The normalized spacial score (nSPS) is 11.6. The van der Waals surface area contributed by atoms with E-state index in [4.69, 9.17) is 0 Å². The maximum absolute atomic E-state index is 3.65. The average Bonchev–Trinajstić information content (AvgIpc) is 2.76. The van der Waals surface area contributed by atoms with E-state index in [0.717, 1.165) is 0 Å². The van der Waals surface area contributed by atoms with Crippen LogP contribution in [-0.2, 0) is 6.16 Å². The first kappa shape index (κ1) is 15.6. The predicted molar refractivity (Wildman–Crippen MR) is 104 cm³/mol. The molecule has 3 rings (SSSR count). The molecule has 0 fully saturated rings. The van der Waals surface area contributed by atoms with E-state index in [9.17, 15) is 0 Å². The van der Waals surface area contributed by atoms with E-state index in [-0.39, 0.29) is 7.53 Å². The molecule has 0 bridgehead atoms. The number of rotatable bonds is 5. The fourth-order valence-corrected chi connectivity index (χ4v) is 6.90. The molecule has 1 aromatic heterocycles. The SMILES string of the molecule is CCCCCCp1c2cc(Br)ccc2c2ccc(Br)cc21. The molecule has 0 N–H and O–H groups in total. The molecule has 3 aromatic rings. The van der Waals surface area contributed by atoms with Crippen LogP contribution in [0.25, 0.3) is 21.0 Å². The minimum absolute atomic E-state index is 0.186. The van der Waals surface area contributed by atoms with Crippen LogP contribution in [0.5, 0.6) is 0 Å². The number of unbranched alkanes of at least 4 members (excludes halogenated alkanes) is 3. The van der Waals surface area contributed by atoms with Crippen LogP contribution >= 0.6 is 39.4 Å². The van der Waals surface area contributed by atoms with Crippen LogP contribution in [0.4, 0.5) is 0 Å². The molecule has 0 spiro atoms. The van der Waals surface area contributed by atoms with Crippen LogP contribution in [-0.4, -0.2) is 0 Å². The van der Waals surface area contributed by atoms with Gasteiger partial charge in [0.1, 0.15) is 0 Å². The van der Waals surface area contributed by atoms with E-state index >= 15 is 0 Å². The summed E-state index contributed by atoms with van der Waals surface area (Å²) >= 11 is 7.29. The zero-order valence-corrected chi connectivity index (χ0v) is 16.3. The average molecular weight is 426 g/mol. The highest BCUT2D eigenvalue weighted by atomic mass is 79.9. The molecule has 3 heteroatoms. The Morgan fingerprint density at radius 3 is 1.90 bits per heavy atom. The molecule has 0 aliphatic carbocycles. The molecule has 0 aliphatic rings. The van der Waals surface area contributed by atoms with Crippen molar-refractivity contribution in [2.24, 2.45) is 0 Å². The monoisotopic (exact) mass is 424 g/mol. The lowest BCUT2D eigenvalue weighted by atomic mass is 10.2. The highest BCUT2D eigenvalue weighted by Gasteiger charge is 2.12. The van der Waals surface area contributed by atoms with Gasteiger partial charge in [-0.15, -0.1) is 7.53 Å². The van der Waals surface area contributed by atoms with Crippen molar-refractivity contribution in [1.82, 2.24) is 0 Å². The highest BCUT2D eigenvalue weighted by molar-refractivity contribution is 9.10. The summed E-state index contributed by atoms with van der Waals surface area (Å²) in [6.45, 7) is 2.28. The Morgan fingerprint density at radius 1 is 0.810 bits per heavy atom. The number of hydrogen-bond donors (Lipinski definition) is 0. The van der Waals surface area contributed by atoms with Crippen LogP contribution in [0.15, 0.2) is 45.3 Å². The van der Waals surface area contributed by atoms with Gasteiger partial charge in [-0.2, -0.15) is 0 Å². The van der Waals surface area contributed by atoms with Gasteiger partial charge in [0.15, 0.2) is 0 Å². The van der Waals surface area contributed by atoms with Crippen molar-refractivity contribution in [1.29, 1.82) is 0 Å². The highest BCUT2D eigenvalue weighted by Crippen LogP contribution is 2.51. The molecule has 0 unspecified atom stereocenters. The summed E-state index contributed by atoms with van der Waals surface area (Å²) in [5.41, 5.74) is 0. The number of benzene rings is 2. The minimum atomic E-state index is -0.186. The quantitative estimate of drug-likeness (QED) is 0.362. The van der Waals surface area contributed by atoms with Gasteiger partial charge < -0.3 is 0 Å². The Kier molecular flexibility index (Phi) is 5.09. The third kappa shape index (κ3) is 3.23. The topological polar surface area (TPSA) is 0 Å². The molecule has 1 heterocycles. The van der Waals surface area contributed by atoms with Gasteiger partial charge in [0, 0.05) is 19.2 Å². The van der Waals surface area contributed by atoms with E-state index in [2.05, 4.69) is 75.2 Å². The zero-order valence-electron chi connectivity index (χ0n) is 12.2. The Bertz CT molecular complexity index is 714. The summed E-state index contributed by atoms with van der Waals surface area (Å²) in [5.74, 6) is 0. The van der Waals surface area contributed by atoms with E-state index in [1.54, 1.807) is 10.2 Å². The molecule has 0 nitrogen and oxygen atoms in total. The summed E-state index contributed by atoms with van der Waals surface area (Å²) in [6.07, 6.45) is 6.70. The second kappa shape index (κ2) is 6.86. The summed E-state index contributed by atoms with van der Waals surface area (Å²) < 4.78 is 2.41. The van der Waals surface area contributed by atoms with Crippen molar-refractivity contribution >= 4 is 60.4 Å². The first-order valence-corrected chi connectivity index (χ1v) is 10.7. The van der Waals surface area contributed by atoms with Gasteiger partial charge in [-0.1, -0.05) is 70.2 Å². The zero-order chi connectivity index (χ0) is 14.8. The summed E-state index contributed by atoms with van der Waals surface area (Å²) in [4.78, 5) is 0. The number of halogens is 2. The molecule has 21 heavy (non-hydrogen) atoms. The van der Waals surface area contributed by atoms with Crippen molar-refractivity contribution in [2.45, 2.75) is 38.8 Å². The van der Waals surface area contributed by atoms with Crippen molar-refractivity contribution in [3.8, 4) is 0 Å². The summed E-state index contributed by atoms with van der Waals surface area (Å²) in [6, 6.07) is 13.6. The second-order valence-corrected chi connectivity index (χ2v) is 9.63. The first-order chi connectivity index (χ1) is 10.2. The fraction of sp³-hybridized carbons (Fsp3) is 0.333. The van der Waals surface area contributed by atoms with Crippen LogP contribution in [0.3, 0.4) is 0 Å². The summed E-state index contributed by atoms with van der Waals surface area (Å²) in [7, 11) is -0.186. The van der Waals surface area contributed by atoms with Crippen LogP contribution in [0.1, 0.15) is 32.6 Å². The van der Waals surface area contributed by atoms with Gasteiger partial charge in [-0.05, 0) is 47.6 Å². The van der Waals surface area contributed by atoms with Crippen molar-refractivity contribution in [3.05, 3.63) is 45.3 Å². The molecular weight excluding hydrogens is 407 g/mol. The molecule has 0 amide bonds. The lowest BCUT2D eigenvalue weighted by Crippen LogP contribution is -1.76. The third-order valence-electron chi connectivity index (χ3n) is 4.03. The van der Waals surface area contributed by atoms with Gasteiger partial charge >= 0.3 is 0 Å². The van der Waals surface area contributed by atoms with Gasteiger partial charge in [-0.25, -0.2) is 0 Å². The Balaban J connectivity index is 2.12. The largest absolute Gasteiger partial charge is 0.109 e. The molecular formula is C18H19Br2P. The standard InChI is InChI=1S/C18H19Br2P/c1-2-3-4-5-10-21-17-11-13(19)6-8-15(17)16-9-7-14(20)12-18(16)21/h6-9,11-12H,2-5,10H2,1H3. The molecule has 110 valence electrons. The fourth-order valence-electron chi connectivity index (χ4n) is 2.98. The molecule has 0 radical (unpaired) electrons. The molecule has 0 saturated carbocycles. The summed E-state index contributed by atoms with van der Waals surface area (Å²) in [5, 5.41) is 6.01. The van der Waals surface area contributed by atoms with Crippen molar-refractivity contribution in [2.75, 3.05) is 0 Å².